The lowest BCUT2D eigenvalue weighted by atomic mass is 9.91. The van der Waals surface area contributed by atoms with Crippen LogP contribution in [0.2, 0.25) is 0 Å². The van der Waals surface area contributed by atoms with Crippen molar-refractivity contribution < 1.29 is 9.53 Å². The van der Waals surface area contributed by atoms with Gasteiger partial charge in [-0.05, 0) is 56.0 Å². The molecule has 26 heavy (non-hydrogen) atoms. The number of aryl methyl sites for hydroxylation is 2. The van der Waals surface area contributed by atoms with E-state index >= 15 is 0 Å². The summed E-state index contributed by atoms with van der Waals surface area (Å²) >= 11 is 0. The summed E-state index contributed by atoms with van der Waals surface area (Å²) in [5.74, 6) is 0.863. The Labute approximate surface area is 153 Å². The summed E-state index contributed by atoms with van der Waals surface area (Å²) in [5.41, 5.74) is 5.15. The SMILES string of the molecule is Cc1ccc2[nH]c3c(c2c1)CC(NC(=O)CCOc1ccccc1)CC3. The quantitative estimate of drug-likeness (QED) is 0.734. The number of H-pyrrole nitrogens is 1. The van der Waals surface area contributed by atoms with Gasteiger partial charge in [0.15, 0.2) is 0 Å². The molecular weight excluding hydrogens is 324 g/mol. The van der Waals surface area contributed by atoms with Crippen LogP contribution in [-0.2, 0) is 17.6 Å². The van der Waals surface area contributed by atoms with Crippen molar-refractivity contribution in [3.05, 3.63) is 65.4 Å². The Hall–Kier alpha value is -2.75. The van der Waals surface area contributed by atoms with Crippen LogP contribution in [0.25, 0.3) is 10.9 Å². The van der Waals surface area contributed by atoms with Crippen LogP contribution in [0, 0.1) is 6.92 Å². The second kappa shape index (κ2) is 7.24. The van der Waals surface area contributed by atoms with E-state index in [2.05, 4.69) is 35.4 Å². The number of hydrogen-bond acceptors (Lipinski definition) is 2. The van der Waals surface area contributed by atoms with E-state index in [0.717, 1.165) is 25.0 Å². The standard InChI is InChI=1S/C22H24N2O2/c1-15-7-9-20-18(13-15)19-14-16(8-10-21(19)24-20)23-22(25)11-12-26-17-5-3-2-4-6-17/h2-7,9,13,16,24H,8,10-12,14H2,1H3,(H,23,25). The predicted molar refractivity (Wildman–Crippen MR) is 104 cm³/mol. The maximum absolute atomic E-state index is 12.3. The largest absolute Gasteiger partial charge is 0.493 e. The van der Waals surface area contributed by atoms with Crippen LogP contribution in [0.1, 0.15) is 29.7 Å². The van der Waals surface area contributed by atoms with E-state index in [1.165, 1.54) is 27.7 Å². The van der Waals surface area contributed by atoms with E-state index in [1.54, 1.807) is 0 Å². The third-order valence-electron chi connectivity index (χ3n) is 5.05. The van der Waals surface area contributed by atoms with Gasteiger partial charge in [-0.3, -0.25) is 4.79 Å². The van der Waals surface area contributed by atoms with Crippen molar-refractivity contribution in [1.82, 2.24) is 10.3 Å². The minimum Gasteiger partial charge on any atom is -0.493 e. The minimum absolute atomic E-state index is 0.0606. The zero-order valence-electron chi connectivity index (χ0n) is 15.0. The van der Waals surface area contributed by atoms with Crippen LogP contribution in [0.3, 0.4) is 0 Å². The van der Waals surface area contributed by atoms with Crippen molar-refractivity contribution in [3.8, 4) is 5.75 Å². The second-order valence-corrected chi connectivity index (χ2v) is 7.05. The average molecular weight is 348 g/mol. The van der Waals surface area contributed by atoms with Crippen molar-refractivity contribution >= 4 is 16.8 Å². The van der Waals surface area contributed by atoms with E-state index in [1.807, 2.05) is 30.3 Å². The third kappa shape index (κ3) is 3.59. The molecule has 0 saturated carbocycles. The molecule has 4 rings (SSSR count). The fourth-order valence-corrected chi connectivity index (χ4v) is 3.73. The topological polar surface area (TPSA) is 54.1 Å². The summed E-state index contributed by atoms with van der Waals surface area (Å²) in [4.78, 5) is 15.8. The number of carbonyl (C=O) groups is 1. The Morgan fingerprint density at radius 3 is 2.92 bits per heavy atom. The molecule has 0 bridgehead atoms. The average Bonchev–Trinajstić information content (AvgIpc) is 3.00. The van der Waals surface area contributed by atoms with Crippen LogP contribution in [-0.4, -0.2) is 23.5 Å². The minimum atomic E-state index is 0.0606. The molecule has 1 aromatic heterocycles. The fraction of sp³-hybridized carbons (Fsp3) is 0.318. The lowest BCUT2D eigenvalue weighted by Gasteiger charge is -2.23. The number of ether oxygens (including phenoxy) is 1. The number of rotatable bonds is 5. The number of carbonyl (C=O) groups excluding carboxylic acids is 1. The summed E-state index contributed by atoms with van der Waals surface area (Å²) in [6.45, 7) is 2.52. The van der Waals surface area contributed by atoms with E-state index in [0.29, 0.717) is 13.0 Å². The predicted octanol–water partition coefficient (Wildman–Crippen LogP) is 3.92. The Morgan fingerprint density at radius 1 is 1.23 bits per heavy atom. The van der Waals surface area contributed by atoms with E-state index in [-0.39, 0.29) is 11.9 Å². The Bertz CT molecular complexity index is 915. The van der Waals surface area contributed by atoms with Gasteiger partial charge >= 0.3 is 0 Å². The molecule has 0 saturated heterocycles. The zero-order chi connectivity index (χ0) is 17.9. The molecular formula is C22H24N2O2. The number of amides is 1. The molecule has 0 aliphatic heterocycles. The van der Waals surface area contributed by atoms with Crippen LogP contribution < -0.4 is 10.1 Å². The number of hydrogen-bond donors (Lipinski definition) is 2. The highest BCUT2D eigenvalue weighted by Gasteiger charge is 2.23. The molecule has 0 fully saturated rings. The number of aromatic nitrogens is 1. The first-order valence-electron chi connectivity index (χ1n) is 9.26. The first kappa shape index (κ1) is 16.7. The van der Waals surface area contributed by atoms with Crippen LogP contribution in [0.4, 0.5) is 0 Å². The van der Waals surface area contributed by atoms with Gasteiger partial charge in [-0.2, -0.15) is 0 Å². The van der Waals surface area contributed by atoms with E-state index in [4.69, 9.17) is 4.74 Å². The Kier molecular flexibility index (Phi) is 4.65. The molecule has 4 heteroatoms. The van der Waals surface area contributed by atoms with Gasteiger partial charge in [-0.15, -0.1) is 0 Å². The van der Waals surface area contributed by atoms with Gasteiger partial charge in [-0.1, -0.05) is 29.8 Å². The fourth-order valence-electron chi connectivity index (χ4n) is 3.73. The molecule has 134 valence electrons. The van der Waals surface area contributed by atoms with Crippen molar-refractivity contribution in [2.24, 2.45) is 0 Å². The van der Waals surface area contributed by atoms with Gasteiger partial charge in [0.1, 0.15) is 5.75 Å². The summed E-state index contributed by atoms with van der Waals surface area (Å²) in [7, 11) is 0. The summed E-state index contributed by atoms with van der Waals surface area (Å²) in [5, 5.41) is 4.48. The number of para-hydroxylation sites is 1. The molecule has 1 atom stereocenters. The summed E-state index contributed by atoms with van der Waals surface area (Å²) in [6, 6.07) is 16.3. The highest BCUT2D eigenvalue weighted by atomic mass is 16.5. The van der Waals surface area contributed by atoms with Crippen LogP contribution >= 0.6 is 0 Å². The maximum atomic E-state index is 12.3. The lowest BCUT2D eigenvalue weighted by Crippen LogP contribution is -2.39. The number of nitrogens with one attached hydrogen (secondary N) is 2. The van der Waals surface area contributed by atoms with Crippen LogP contribution in [0.15, 0.2) is 48.5 Å². The maximum Gasteiger partial charge on any atom is 0.223 e. The van der Waals surface area contributed by atoms with E-state index < -0.39 is 0 Å². The summed E-state index contributed by atoms with van der Waals surface area (Å²) in [6.07, 6.45) is 3.23. The molecule has 1 amide bonds. The third-order valence-corrected chi connectivity index (χ3v) is 5.05. The summed E-state index contributed by atoms with van der Waals surface area (Å²) < 4.78 is 5.61. The van der Waals surface area contributed by atoms with Gasteiger partial charge < -0.3 is 15.0 Å². The second-order valence-electron chi connectivity index (χ2n) is 7.05. The molecule has 1 heterocycles. The van der Waals surface area contributed by atoms with Crippen molar-refractivity contribution in [2.75, 3.05) is 6.61 Å². The molecule has 1 aliphatic carbocycles. The molecule has 1 unspecified atom stereocenters. The smallest absolute Gasteiger partial charge is 0.223 e. The highest BCUT2D eigenvalue weighted by molar-refractivity contribution is 5.86. The normalized spacial score (nSPS) is 16.3. The highest BCUT2D eigenvalue weighted by Crippen LogP contribution is 2.29. The molecule has 3 aromatic rings. The van der Waals surface area contributed by atoms with Crippen molar-refractivity contribution in [2.45, 2.75) is 38.6 Å². The van der Waals surface area contributed by atoms with Gasteiger partial charge in [0.2, 0.25) is 5.91 Å². The van der Waals surface area contributed by atoms with Crippen LogP contribution in [0.5, 0.6) is 5.75 Å². The van der Waals surface area contributed by atoms with Crippen molar-refractivity contribution in [3.63, 3.8) is 0 Å². The molecule has 1 aliphatic rings. The van der Waals surface area contributed by atoms with Gasteiger partial charge in [0, 0.05) is 22.6 Å². The first-order chi connectivity index (χ1) is 12.7. The zero-order valence-corrected chi connectivity index (χ0v) is 15.0. The molecule has 0 radical (unpaired) electrons. The Balaban J connectivity index is 1.34. The number of fused-ring (bicyclic) bond motifs is 3. The van der Waals surface area contributed by atoms with E-state index in [9.17, 15) is 4.79 Å². The molecule has 2 N–H and O–H groups in total. The monoisotopic (exact) mass is 348 g/mol. The number of benzene rings is 2. The van der Waals surface area contributed by atoms with Gasteiger partial charge in [-0.25, -0.2) is 0 Å². The van der Waals surface area contributed by atoms with Gasteiger partial charge in [0.25, 0.3) is 0 Å². The molecule has 2 aromatic carbocycles. The first-order valence-corrected chi connectivity index (χ1v) is 9.26. The van der Waals surface area contributed by atoms with Crippen molar-refractivity contribution in [1.29, 1.82) is 0 Å². The lowest BCUT2D eigenvalue weighted by molar-refractivity contribution is -0.122. The molecule has 0 spiro atoms. The van der Waals surface area contributed by atoms with Gasteiger partial charge in [0.05, 0.1) is 13.0 Å². The number of aromatic amines is 1. The molecule has 4 nitrogen and oxygen atoms in total. The Morgan fingerprint density at radius 2 is 2.08 bits per heavy atom.